The second-order valence-corrected chi connectivity index (χ2v) is 5.99. The van der Waals surface area contributed by atoms with E-state index >= 15 is 0 Å². The Hall–Kier alpha value is -2.60. The van der Waals surface area contributed by atoms with Gasteiger partial charge in [0.15, 0.2) is 11.5 Å². The molecule has 122 valence electrons. The van der Waals surface area contributed by atoms with Crippen molar-refractivity contribution in [3.63, 3.8) is 0 Å². The van der Waals surface area contributed by atoms with Crippen LogP contribution < -0.4 is 0 Å². The van der Waals surface area contributed by atoms with Gasteiger partial charge in [0.1, 0.15) is 0 Å². The number of carbonyl (C=O) groups excluding carboxylic acids is 1. The first kappa shape index (κ1) is 16.3. The number of pyridine rings is 1. The summed E-state index contributed by atoms with van der Waals surface area (Å²) in [6.45, 7) is 9.86. The van der Waals surface area contributed by atoms with Gasteiger partial charge in [-0.15, -0.1) is 11.8 Å². The minimum Gasteiger partial charge on any atom is -0.461 e. The van der Waals surface area contributed by atoms with Crippen molar-refractivity contribution in [2.45, 2.75) is 12.7 Å². The molecule has 24 heavy (non-hydrogen) atoms. The molecular weight excluding hydrogens is 322 g/mol. The highest BCUT2D eigenvalue weighted by Gasteiger charge is 2.30. The maximum atomic E-state index is 12.3. The lowest BCUT2D eigenvalue weighted by Gasteiger charge is -2.18. The normalized spacial score (nSPS) is 13.4. The third kappa shape index (κ3) is 2.69. The van der Waals surface area contributed by atoms with Gasteiger partial charge in [0, 0.05) is 28.0 Å². The third-order valence-electron chi connectivity index (χ3n) is 3.60. The molecule has 3 heterocycles. The van der Waals surface area contributed by atoms with E-state index in [2.05, 4.69) is 23.2 Å². The van der Waals surface area contributed by atoms with Crippen LogP contribution in [0.1, 0.15) is 28.7 Å². The highest BCUT2D eigenvalue weighted by molar-refractivity contribution is 8.02. The Morgan fingerprint density at radius 3 is 2.88 bits per heavy atom. The van der Waals surface area contributed by atoms with E-state index in [1.54, 1.807) is 41.7 Å². The van der Waals surface area contributed by atoms with Gasteiger partial charge in [-0.1, -0.05) is 31.4 Å². The van der Waals surface area contributed by atoms with Crippen LogP contribution in [0.4, 0.5) is 0 Å². The molecular formula is C18H17N3O2S. The number of rotatable bonds is 5. The predicted octanol–water partition coefficient (Wildman–Crippen LogP) is 3.77. The molecule has 0 aliphatic carbocycles. The number of fused-ring (bicyclic) bond motifs is 1. The molecule has 0 unspecified atom stereocenters. The lowest BCUT2D eigenvalue weighted by atomic mass is 10.1. The largest absolute Gasteiger partial charge is 0.461 e. The molecule has 0 amide bonds. The molecule has 0 fully saturated rings. The Bertz CT molecular complexity index is 837. The van der Waals surface area contributed by atoms with E-state index in [9.17, 15) is 4.79 Å². The Morgan fingerprint density at radius 1 is 1.42 bits per heavy atom. The molecule has 0 bridgehead atoms. The van der Waals surface area contributed by atoms with Crippen LogP contribution in [0.5, 0.6) is 0 Å². The van der Waals surface area contributed by atoms with Crippen LogP contribution in [-0.4, -0.2) is 27.3 Å². The van der Waals surface area contributed by atoms with Gasteiger partial charge in [-0.2, -0.15) is 5.10 Å². The summed E-state index contributed by atoms with van der Waals surface area (Å²) in [5.41, 5.74) is 2.88. The van der Waals surface area contributed by atoms with Gasteiger partial charge < -0.3 is 4.74 Å². The summed E-state index contributed by atoms with van der Waals surface area (Å²) in [6, 6.07) is 5.56. The summed E-state index contributed by atoms with van der Waals surface area (Å²) in [5.74, 6) is 0.836. The molecule has 0 N–H and O–H groups in total. The molecule has 0 aromatic carbocycles. The molecule has 3 rings (SSSR count). The maximum absolute atomic E-state index is 12.3. The van der Waals surface area contributed by atoms with Crippen LogP contribution in [0.15, 0.2) is 54.6 Å². The number of hydrogen-bond donors (Lipinski definition) is 0. The number of carbonyl (C=O) groups is 1. The van der Waals surface area contributed by atoms with Gasteiger partial charge in [-0.05, 0) is 19.1 Å². The van der Waals surface area contributed by atoms with Crippen LogP contribution in [0.3, 0.4) is 0 Å². The third-order valence-corrected chi connectivity index (χ3v) is 4.73. The van der Waals surface area contributed by atoms with Crippen LogP contribution in [0, 0.1) is 0 Å². The summed E-state index contributed by atoms with van der Waals surface area (Å²) < 4.78 is 6.84. The van der Waals surface area contributed by atoms with Crippen molar-refractivity contribution in [3.05, 3.63) is 71.6 Å². The molecule has 5 nitrogen and oxygen atoms in total. The van der Waals surface area contributed by atoms with E-state index in [-0.39, 0.29) is 0 Å². The van der Waals surface area contributed by atoms with E-state index < -0.39 is 5.97 Å². The Kier molecular flexibility index (Phi) is 4.66. The lowest BCUT2D eigenvalue weighted by molar-refractivity contribution is 0.0518. The van der Waals surface area contributed by atoms with E-state index in [4.69, 9.17) is 4.74 Å². The summed E-state index contributed by atoms with van der Waals surface area (Å²) >= 11 is 1.61. The first-order valence-corrected chi connectivity index (χ1v) is 8.52. The zero-order valence-corrected chi connectivity index (χ0v) is 14.2. The number of ether oxygens (including phenoxy) is 1. The predicted molar refractivity (Wildman–Crippen MR) is 95.9 cm³/mol. The average molecular weight is 339 g/mol. The molecule has 2 aromatic heterocycles. The highest BCUT2D eigenvalue weighted by atomic mass is 32.2. The van der Waals surface area contributed by atoms with Gasteiger partial charge in [-0.25, -0.2) is 14.5 Å². The zero-order valence-electron chi connectivity index (χ0n) is 13.4. The van der Waals surface area contributed by atoms with Crippen LogP contribution in [-0.2, 0) is 10.5 Å². The van der Waals surface area contributed by atoms with Crippen LogP contribution in [0.25, 0.3) is 11.4 Å². The van der Waals surface area contributed by atoms with Crippen molar-refractivity contribution < 1.29 is 9.53 Å². The van der Waals surface area contributed by atoms with Crippen molar-refractivity contribution in [2.24, 2.45) is 0 Å². The highest BCUT2D eigenvalue weighted by Crippen LogP contribution is 2.41. The molecule has 1 aliphatic rings. The van der Waals surface area contributed by atoms with Gasteiger partial charge in [0.05, 0.1) is 12.3 Å². The van der Waals surface area contributed by atoms with Gasteiger partial charge >= 0.3 is 5.97 Å². The van der Waals surface area contributed by atoms with E-state index in [1.165, 1.54) is 0 Å². The van der Waals surface area contributed by atoms with E-state index in [0.29, 0.717) is 23.9 Å². The van der Waals surface area contributed by atoms with Crippen molar-refractivity contribution in [3.8, 4) is 5.82 Å². The summed E-state index contributed by atoms with van der Waals surface area (Å²) in [6.07, 6.45) is 5.25. The van der Waals surface area contributed by atoms with Gasteiger partial charge in [0.2, 0.25) is 0 Å². The maximum Gasteiger partial charge on any atom is 0.359 e. The number of nitrogens with zero attached hydrogens (tertiary/aromatic N) is 3. The number of allylic oxidation sites excluding steroid dienone is 3. The SMILES string of the molecule is C=CC1=C(C=C)c2c(c(C(=O)OCC)nn2-c2ccccn2)CS1. The first-order valence-electron chi connectivity index (χ1n) is 7.54. The number of thioether (sulfide) groups is 1. The van der Waals surface area contributed by atoms with Crippen LogP contribution in [0.2, 0.25) is 0 Å². The lowest BCUT2D eigenvalue weighted by Crippen LogP contribution is -2.09. The molecule has 0 saturated heterocycles. The average Bonchev–Trinajstić information content (AvgIpc) is 3.01. The number of esters is 1. The van der Waals surface area contributed by atoms with Crippen molar-refractivity contribution in [1.82, 2.24) is 14.8 Å². The molecule has 0 spiro atoms. The zero-order chi connectivity index (χ0) is 17.1. The quantitative estimate of drug-likeness (QED) is 0.776. The topological polar surface area (TPSA) is 57.0 Å². The van der Waals surface area contributed by atoms with Gasteiger partial charge in [-0.3, -0.25) is 0 Å². The number of aromatic nitrogens is 3. The first-order chi connectivity index (χ1) is 11.7. The smallest absolute Gasteiger partial charge is 0.359 e. The van der Waals surface area contributed by atoms with E-state index in [1.807, 2.05) is 18.2 Å². The molecule has 6 heteroatoms. The Balaban J connectivity index is 2.28. The Labute approximate surface area is 144 Å². The molecule has 0 atom stereocenters. The molecule has 0 radical (unpaired) electrons. The summed E-state index contributed by atoms with van der Waals surface area (Å²) in [5, 5.41) is 4.50. The Morgan fingerprint density at radius 2 is 2.25 bits per heavy atom. The van der Waals surface area contributed by atoms with Crippen LogP contribution >= 0.6 is 11.8 Å². The minimum atomic E-state index is -0.422. The standard InChI is InChI=1S/C18H17N3O2S/c1-4-12-14(5-2)24-11-13-16(18(22)23-6-3)20-21(17(12)13)15-9-7-8-10-19-15/h4-5,7-10H,1-2,6,11H2,3H3. The fraction of sp³-hybridized carbons (Fsp3) is 0.167. The number of hydrogen-bond acceptors (Lipinski definition) is 5. The fourth-order valence-corrected chi connectivity index (χ4v) is 3.61. The molecule has 1 aliphatic heterocycles. The fourth-order valence-electron chi connectivity index (χ4n) is 2.58. The van der Waals surface area contributed by atoms with Gasteiger partial charge in [0.25, 0.3) is 0 Å². The molecule has 2 aromatic rings. The summed E-state index contributed by atoms with van der Waals surface area (Å²) in [4.78, 5) is 17.7. The second-order valence-electron chi connectivity index (χ2n) is 4.97. The van der Waals surface area contributed by atoms with E-state index in [0.717, 1.165) is 21.7 Å². The summed E-state index contributed by atoms with van der Waals surface area (Å²) in [7, 11) is 0. The van der Waals surface area contributed by atoms with Crippen molar-refractivity contribution in [1.29, 1.82) is 0 Å². The minimum absolute atomic E-state index is 0.305. The molecule has 0 saturated carbocycles. The monoisotopic (exact) mass is 339 g/mol. The van der Waals surface area contributed by atoms with Crippen molar-refractivity contribution >= 4 is 23.3 Å². The second kappa shape index (κ2) is 6.88. The van der Waals surface area contributed by atoms with Crippen molar-refractivity contribution in [2.75, 3.05) is 6.61 Å².